The van der Waals surface area contributed by atoms with Gasteiger partial charge in [-0.15, -0.1) is 0 Å². The lowest BCUT2D eigenvalue weighted by atomic mass is 10.2. The van der Waals surface area contributed by atoms with Crippen molar-refractivity contribution in [3.05, 3.63) is 59.4 Å². The SMILES string of the molecule is Fc1ccccc1N1CCN(c2ncncc2-c2nc(-c3ccsc3)no2)CC1. The summed E-state index contributed by atoms with van der Waals surface area (Å²) in [7, 11) is 0. The molecule has 1 aliphatic rings. The van der Waals surface area contributed by atoms with Crippen LogP contribution >= 0.6 is 11.3 Å². The maximum absolute atomic E-state index is 14.1. The average molecular weight is 408 g/mol. The van der Waals surface area contributed by atoms with Crippen molar-refractivity contribution < 1.29 is 8.91 Å². The number of para-hydroxylation sites is 1. The van der Waals surface area contributed by atoms with E-state index in [1.807, 2.05) is 33.9 Å². The van der Waals surface area contributed by atoms with Gasteiger partial charge in [0, 0.05) is 43.3 Å². The number of hydrogen-bond donors (Lipinski definition) is 0. The topological polar surface area (TPSA) is 71.2 Å². The number of hydrogen-bond acceptors (Lipinski definition) is 8. The Bertz CT molecular complexity index is 1110. The van der Waals surface area contributed by atoms with Gasteiger partial charge in [-0.1, -0.05) is 17.3 Å². The molecular formula is C20H17FN6OS. The van der Waals surface area contributed by atoms with Crippen LogP contribution in [0, 0.1) is 5.82 Å². The summed E-state index contributed by atoms with van der Waals surface area (Å²) in [5.41, 5.74) is 2.25. The molecule has 0 bridgehead atoms. The molecule has 0 unspecified atom stereocenters. The molecule has 0 radical (unpaired) electrons. The van der Waals surface area contributed by atoms with Crippen molar-refractivity contribution in [3.63, 3.8) is 0 Å². The minimum atomic E-state index is -0.199. The van der Waals surface area contributed by atoms with E-state index in [4.69, 9.17) is 4.52 Å². The van der Waals surface area contributed by atoms with Gasteiger partial charge < -0.3 is 14.3 Å². The fourth-order valence-corrected chi connectivity index (χ4v) is 4.07. The van der Waals surface area contributed by atoms with Crippen LogP contribution in [0.2, 0.25) is 0 Å². The zero-order chi connectivity index (χ0) is 19.6. The molecule has 3 aromatic heterocycles. The molecule has 0 N–H and O–H groups in total. The van der Waals surface area contributed by atoms with E-state index in [-0.39, 0.29) is 5.82 Å². The first-order valence-electron chi connectivity index (χ1n) is 9.20. The summed E-state index contributed by atoms with van der Waals surface area (Å²) < 4.78 is 19.6. The first-order valence-corrected chi connectivity index (χ1v) is 10.1. The number of anilines is 2. The zero-order valence-electron chi connectivity index (χ0n) is 15.4. The van der Waals surface area contributed by atoms with Crippen molar-refractivity contribution in [2.75, 3.05) is 36.0 Å². The van der Waals surface area contributed by atoms with Crippen LogP contribution < -0.4 is 9.80 Å². The molecule has 0 saturated carbocycles. The second-order valence-corrected chi connectivity index (χ2v) is 7.40. The Morgan fingerprint density at radius 1 is 1.03 bits per heavy atom. The molecule has 7 nitrogen and oxygen atoms in total. The second kappa shape index (κ2) is 7.59. The van der Waals surface area contributed by atoms with Crippen LogP contribution in [0.15, 0.2) is 58.1 Å². The summed E-state index contributed by atoms with van der Waals surface area (Å²) in [6.45, 7) is 2.77. The van der Waals surface area contributed by atoms with Crippen molar-refractivity contribution in [2.24, 2.45) is 0 Å². The van der Waals surface area contributed by atoms with Crippen LogP contribution in [-0.4, -0.2) is 46.3 Å². The van der Waals surface area contributed by atoms with Gasteiger partial charge in [0.05, 0.1) is 5.69 Å². The Morgan fingerprint density at radius 3 is 2.66 bits per heavy atom. The van der Waals surface area contributed by atoms with Crippen LogP contribution in [0.3, 0.4) is 0 Å². The van der Waals surface area contributed by atoms with Crippen LogP contribution in [0.4, 0.5) is 15.9 Å². The van der Waals surface area contributed by atoms with Gasteiger partial charge in [0.2, 0.25) is 5.82 Å². The fraction of sp³-hybridized carbons (Fsp3) is 0.200. The average Bonchev–Trinajstić information content (AvgIpc) is 3.46. The smallest absolute Gasteiger partial charge is 0.263 e. The molecule has 1 saturated heterocycles. The summed E-state index contributed by atoms with van der Waals surface area (Å²) in [6, 6.07) is 8.81. The quantitative estimate of drug-likeness (QED) is 0.510. The largest absolute Gasteiger partial charge is 0.366 e. The molecule has 4 heterocycles. The molecule has 29 heavy (non-hydrogen) atoms. The molecule has 5 rings (SSSR count). The Morgan fingerprint density at radius 2 is 1.86 bits per heavy atom. The van der Waals surface area contributed by atoms with E-state index < -0.39 is 0 Å². The van der Waals surface area contributed by atoms with Crippen molar-refractivity contribution in [1.82, 2.24) is 20.1 Å². The minimum Gasteiger partial charge on any atom is -0.366 e. The highest BCUT2D eigenvalue weighted by Crippen LogP contribution is 2.30. The molecule has 9 heteroatoms. The van der Waals surface area contributed by atoms with Gasteiger partial charge in [-0.3, -0.25) is 0 Å². The van der Waals surface area contributed by atoms with Gasteiger partial charge in [0.15, 0.2) is 0 Å². The first-order chi connectivity index (χ1) is 14.3. The van der Waals surface area contributed by atoms with Gasteiger partial charge in [0.1, 0.15) is 23.5 Å². The van der Waals surface area contributed by atoms with E-state index in [1.54, 1.807) is 23.6 Å². The lowest BCUT2D eigenvalue weighted by Crippen LogP contribution is -2.47. The van der Waals surface area contributed by atoms with Crippen molar-refractivity contribution >= 4 is 22.8 Å². The maximum Gasteiger partial charge on any atom is 0.263 e. The molecule has 0 amide bonds. The molecule has 1 aromatic carbocycles. The molecule has 1 aliphatic heterocycles. The van der Waals surface area contributed by atoms with Gasteiger partial charge >= 0.3 is 0 Å². The molecule has 146 valence electrons. The summed E-state index contributed by atoms with van der Waals surface area (Å²) >= 11 is 1.58. The van der Waals surface area contributed by atoms with Crippen LogP contribution in [0.25, 0.3) is 22.8 Å². The third kappa shape index (κ3) is 3.44. The first kappa shape index (κ1) is 17.7. The molecule has 1 fully saturated rings. The summed E-state index contributed by atoms with van der Waals surface area (Å²) in [6.07, 6.45) is 3.20. The zero-order valence-corrected chi connectivity index (χ0v) is 16.2. The summed E-state index contributed by atoms with van der Waals surface area (Å²) in [5, 5.41) is 8.02. The standard InChI is InChI=1S/C20H17FN6OS/c21-16-3-1-2-4-17(16)26-6-8-27(9-7-26)19-15(11-22-13-23-19)20-24-18(25-28-20)14-5-10-29-12-14/h1-5,10-13H,6-9H2. The Hall–Kier alpha value is -3.33. The van der Waals surface area contributed by atoms with E-state index in [0.717, 1.165) is 11.4 Å². The Labute approximate surface area is 170 Å². The third-order valence-electron chi connectivity index (χ3n) is 4.90. The van der Waals surface area contributed by atoms with E-state index in [0.29, 0.717) is 49.1 Å². The van der Waals surface area contributed by atoms with E-state index in [1.165, 1.54) is 12.4 Å². The third-order valence-corrected chi connectivity index (χ3v) is 5.58. The van der Waals surface area contributed by atoms with E-state index in [9.17, 15) is 4.39 Å². The fourth-order valence-electron chi connectivity index (χ4n) is 3.44. The number of aromatic nitrogens is 4. The Balaban J connectivity index is 1.38. The number of thiophene rings is 1. The van der Waals surface area contributed by atoms with E-state index in [2.05, 4.69) is 25.0 Å². The molecule has 4 aromatic rings. The lowest BCUT2D eigenvalue weighted by molar-refractivity contribution is 0.432. The van der Waals surface area contributed by atoms with Crippen LogP contribution in [0.1, 0.15) is 0 Å². The normalized spacial score (nSPS) is 14.4. The van der Waals surface area contributed by atoms with Crippen LogP contribution in [0.5, 0.6) is 0 Å². The number of rotatable bonds is 4. The Kier molecular flexibility index (Phi) is 4.65. The number of halogens is 1. The van der Waals surface area contributed by atoms with Gasteiger partial charge in [0.25, 0.3) is 5.89 Å². The molecule has 0 spiro atoms. The van der Waals surface area contributed by atoms with Gasteiger partial charge in [-0.2, -0.15) is 16.3 Å². The van der Waals surface area contributed by atoms with Crippen molar-refractivity contribution in [3.8, 4) is 22.8 Å². The van der Waals surface area contributed by atoms with E-state index >= 15 is 0 Å². The second-order valence-electron chi connectivity index (χ2n) is 6.62. The monoisotopic (exact) mass is 408 g/mol. The lowest BCUT2D eigenvalue weighted by Gasteiger charge is -2.37. The van der Waals surface area contributed by atoms with Crippen molar-refractivity contribution in [1.29, 1.82) is 0 Å². The summed E-state index contributed by atoms with van der Waals surface area (Å²) in [4.78, 5) is 17.3. The predicted molar refractivity (Wildman–Crippen MR) is 109 cm³/mol. The number of piperazine rings is 1. The maximum atomic E-state index is 14.1. The van der Waals surface area contributed by atoms with Crippen molar-refractivity contribution in [2.45, 2.75) is 0 Å². The predicted octanol–water partition coefficient (Wildman–Crippen LogP) is 3.72. The number of benzene rings is 1. The highest BCUT2D eigenvalue weighted by atomic mass is 32.1. The van der Waals surface area contributed by atoms with Crippen LogP contribution in [-0.2, 0) is 0 Å². The molecular weight excluding hydrogens is 391 g/mol. The van der Waals surface area contributed by atoms with Gasteiger partial charge in [-0.05, 0) is 23.6 Å². The van der Waals surface area contributed by atoms with Gasteiger partial charge in [-0.25, -0.2) is 14.4 Å². The molecule has 0 aliphatic carbocycles. The number of nitrogens with zero attached hydrogens (tertiary/aromatic N) is 6. The highest BCUT2D eigenvalue weighted by Gasteiger charge is 2.24. The summed E-state index contributed by atoms with van der Waals surface area (Å²) in [5.74, 6) is 1.47. The molecule has 0 atom stereocenters. The highest BCUT2D eigenvalue weighted by molar-refractivity contribution is 7.08. The minimum absolute atomic E-state index is 0.199.